The van der Waals surface area contributed by atoms with Crippen LogP contribution in [0.3, 0.4) is 0 Å². The van der Waals surface area contributed by atoms with Crippen molar-refractivity contribution in [2.24, 2.45) is 23.7 Å². The molecule has 82 valence electrons. The molecular formula is C11H14O4. The minimum absolute atomic E-state index is 0.145. The van der Waals surface area contributed by atoms with Crippen LogP contribution < -0.4 is 0 Å². The molecule has 0 saturated heterocycles. The lowest BCUT2D eigenvalue weighted by Gasteiger charge is -2.23. The van der Waals surface area contributed by atoms with Crippen molar-refractivity contribution in [3.63, 3.8) is 0 Å². The van der Waals surface area contributed by atoms with E-state index in [4.69, 9.17) is 9.47 Å². The number of carbonyl (C=O) groups excluding carboxylic acids is 2. The number of allylic oxidation sites excluding steroid dienone is 2. The average Bonchev–Trinajstić information content (AvgIpc) is 2.86. The third-order valence-electron chi connectivity index (χ3n) is 3.41. The number of rotatable bonds is 2. The summed E-state index contributed by atoms with van der Waals surface area (Å²) in [7, 11) is 2.71. The van der Waals surface area contributed by atoms with E-state index >= 15 is 0 Å². The van der Waals surface area contributed by atoms with Crippen LogP contribution in [0, 0.1) is 23.7 Å². The maximum Gasteiger partial charge on any atom is 0.310 e. The van der Waals surface area contributed by atoms with E-state index in [0.717, 1.165) is 6.42 Å². The van der Waals surface area contributed by atoms with E-state index in [1.807, 2.05) is 12.2 Å². The number of fused-ring (bicyclic) bond motifs is 2. The van der Waals surface area contributed by atoms with Gasteiger partial charge in [-0.3, -0.25) is 9.59 Å². The van der Waals surface area contributed by atoms with Gasteiger partial charge in [-0.05, 0) is 18.3 Å². The Morgan fingerprint density at radius 2 is 1.40 bits per heavy atom. The van der Waals surface area contributed by atoms with Crippen molar-refractivity contribution >= 4 is 11.9 Å². The summed E-state index contributed by atoms with van der Waals surface area (Å²) in [5.74, 6) is -1.02. The Morgan fingerprint density at radius 1 is 1.00 bits per heavy atom. The zero-order valence-corrected chi connectivity index (χ0v) is 8.80. The van der Waals surface area contributed by atoms with Crippen molar-refractivity contribution in [3.05, 3.63) is 12.2 Å². The molecule has 0 amide bonds. The van der Waals surface area contributed by atoms with Crippen molar-refractivity contribution in [2.75, 3.05) is 14.2 Å². The van der Waals surface area contributed by atoms with Gasteiger partial charge in [0, 0.05) is 0 Å². The molecule has 0 aromatic heterocycles. The van der Waals surface area contributed by atoms with Crippen molar-refractivity contribution in [3.8, 4) is 0 Å². The van der Waals surface area contributed by atoms with Crippen molar-refractivity contribution < 1.29 is 19.1 Å². The highest BCUT2D eigenvalue weighted by Gasteiger charge is 2.52. The number of methoxy groups -OCH3 is 2. The molecule has 0 spiro atoms. The van der Waals surface area contributed by atoms with Crippen LogP contribution in [0.2, 0.25) is 0 Å². The molecule has 2 aliphatic carbocycles. The van der Waals surface area contributed by atoms with E-state index in [1.54, 1.807) is 0 Å². The Labute approximate surface area is 88.2 Å². The normalized spacial score (nSPS) is 36.7. The van der Waals surface area contributed by atoms with E-state index < -0.39 is 0 Å². The topological polar surface area (TPSA) is 52.6 Å². The Kier molecular flexibility index (Phi) is 2.50. The maximum absolute atomic E-state index is 11.6. The molecule has 2 bridgehead atoms. The third-order valence-corrected chi connectivity index (χ3v) is 3.41. The van der Waals surface area contributed by atoms with E-state index in [1.165, 1.54) is 14.2 Å². The monoisotopic (exact) mass is 210 g/mol. The summed E-state index contributed by atoms with van der Waals surface area (Å²) in [6, 6.07) is 0. The molecule has 0 heterocycles. The van der Waals surface area contributed by atoms with Gasteiger partial charge in [0.25, 0.3) is 0 Å². The first-order valence-electron chi connectivity index (χ1n) is 5.03. The van der Waals surface area contributed by atoms with Crippen LogP contribution in [-0.2, 0) is 19.1 Å². The SMILES string of the molecule is COC(=O)[C@H]1[C@H](C(=O)OC)[C@H]2C=C[C@H]1C2. The zero-order chi connectivity index (χ0) is 11.0. The lowest BCUT2D eigenvalue weighted by molar-refractivity contribution is -0.158. The largest absolute Gasteiger partial charge is 0.469 e. The second-order valence-corrected chi connectivity index (χ2v) is 4.05. The fraction of sp³-hybridized carbons (Fsp3) is 0.636. The summed E-state index contributed by atoms with van der Waals surface area (Å²) in [4.78, 5) is 23.1. The van der Waals surface area contributed by atoms with Gasteiger partial charge in [0.1, 0.15) is 0 Å². The van der Waals surface area contributed by atoms with Gasteiger partial charge in [0.2, 0.25) is 0 Å². The lowest BCUT2D eigenvalue weighted by atomic mass is 9.83. The van der Waals surface area contributed by atoms with Gasteiger partial charge >= 0.3 is 11.9 Å². The summed E-state index contributed by atoms with van der Waals surface area (Å²) in [5.41, 5.74) is 0. The molecule has 4 atom stereocenters. The van der Waals surface area contributed by atoms with Crippen LogP contribution >= 0.6 is 0 Å². The van der Waals surface area contributed by atoms with E-state index in [2.05, 4.69) is 0 Å². The minimum Gasteiger partial charge on any atom is -0.469 e. The average molecular weight is 210 g/mol. The Hall–Kier alpha value is -1.32. The van der Waals surface area contributed by atoms with E-state index in [-0.39, 0.29) is 35.6 Å². The van der Waals surface area contributed by atoms with Gasteiger partial charge in [-0.2, -0.15) is 0 Å². The highest BCUT2D eigenvalue weighted by Crippen LogP contribution is 2.48. The molecule has 0 unspecified atom stereocenters. The zero-order valence-electron chi connectivity index (χ0n) is 8.80. The predicted octanol–water partition coefficient (Wildman–Crippen LogP) is 0.771. The fourth-order valence-electron chi connectivity index (χ4n) is 2.74. The molecule has 4 nitrogen and oxygen atoms in total. The quantitative estimate of drug-likeness (QED) is 0.499. The summed E-state index contributed by atoms with van der Waals surface area (Å²) in [6.45, 7) is 0. The number of hydrogen-bond donors (Lipinski definition) is 0. The molecule has 0 aliphatic heterocycles. The number of hydrogen-bond acceptors (Lipinski definition) is 4. The highest BCUT2D eigenvalue weighted by atomic mass is 16.5. The minimum atomic E-state index is -0.350. The first-order valence-corrected chi connectivity index (χ1v) is 5.03. The molecule has 0 aromatic rings. The highest BCUT2D eigenvalue weighted by molar-refractivity contribution is 5.84. The smallest absolute Gasteiger partial charge is 0.310 e. The fourth-order valence-corrected chi connectivity index (χ4v) is 2.74. The molecule has 0 radical (unpaired) electrons. The summed E-state index contributed by atoms with van der Waals surface area (Å²) < 4.78 is 9.46. The molecule has 4 heteroatoms. The van der Waals surface area contributed by atoms with Crippen molar-refractivity contribution in [1.29, 1.82) is 0 Å². The number of esters is 2. The summed E-state index contributed by atoms with van der Waals surface area (Å²) in [6.07, 6.45) is 4.87. The summed E-state index contributed by atoms with van der Waals surface area (Å²) >= 11 is 0. The van der Waals surface area contributed by atoms with Gasteiger partial charge in [0.15, 0.2) is 0 Å². The van der Waals surface area contributed by atoms with Gasteiger partial charge in [0.05, 0.1) is 26.1 Å². The van der Waals surface area contributed by atoms with Gasteiger partial charge < -0.3 is 9.47 Å². The van der Waals surface area contributed by atoms with Gasteiger partial charge in [-0.15, -0.1) is 0 Å². The molecule has 0 aromatic carbocycles. The number of carbonyl (C=O) groups is 2. The van der Waals surface area contributed by atoms with Crippen LogP contribution in [-0.4, -0.2) is 26.2 Å². The Bertz CT molecular complexity index is 291. The lowest BCUT2D eigenvalue weighted by Crippen LogP contribution is -2.34. The van der Waals surface area contributed by atoms with Crippen LogP contribution in [0.1, 0.15) is 6.42 Å². The first-order chi connectivity index (χ1) is 7.19. The van der Waals surface area contributed by atoms with E-state index in [9.17, 15) is 9.59 Å². The van der Waals surface area contributed by atoms with E-state index in [0.29, 0.717) is 0 Å². The summed E-state index contributed by atoms with van der Waals surface area (Å²) in [5, 5.41) is 0. The molecular weight excluding hydrogens is 196 g/mol. The molecule has 1 saturated carbocycles. The first kappa shape index (κ1) is 10.2. The van der Waals surface area contributed by atoms with Crippen LogP contribution in [0.25, 0.3) is 0 Å². The maximum atomic E-state index is 11.6. The number of ether oxygens (including phenoxy) is 2. The molecule has 2 aliphatic rings. The van der Waals surface area contributed by atoms with Gasteiger partial charge in [-0.25, -0.2) is 0 Å². The molecule has 0 N–H and O–H groups in total. The third kappa shape index (κ3) is 1.44. The Morgan fingerprint density at radius 3 is 1.73 bits per heavy atom. The molecule has 15 heavy (non-hydrogen) atoms. The predicted molar refractivity (Wildman–Crippen MR) is 51.7 cm³/mol. The van der Waals surface area contributed by atoms with Crippen molar-refractivity contribution in [2.45, 2.75) is 6.42 Å². The molecule has 1 fully saturated rings. The van der Waals surface area contributed by atoms with Crippen molar-refractivity contribution in [1.82, 2.24) is 0 Å². The Balaban J connectivity index is 2.24. The second-order valence-electron chi connectivity index (χ2n) is 4.05. The van der Waals surface area contributed by atoms with Gasteiger partial charge in [-0.1, -0.05) is 12.2 Å². The van der Waals surface area contributed by atoms with Crippen LogP contribution in [0.4, 0.5) is 0 Å². The standard InChI is InChI=1S/C11H14O4/c1-14-10(12)8-6-3-4-7(5-6)9(8)11(13)15-2/h3-4,6-9H,5H2,1-2H3/t6-,7-,8+,9+/m0/s1. The van der Waals surface area contributed by atoms with Crippen LogP contribution in [0.5, 0.6) is 0 Å². The molecule has 2 rings (SSSR count). The second kappa shape index (κ2) is 3.68. The van der Waals surface area contributed by atoms with Crippen LogP contribution in [0.15, 0.2) is 12.2 Å².